The maximum absolute atomic E-state index is 12.8. The van der Waals surface area contributed by atoms with E-state index in [9.17, 15) is 9.18 Å². The zero-order valence-corrected chi connectivity index (χ0v) is 12.4. The van der Waals surface area contributed by atoms with E-state index in [1.54, 1.807) is 25.2 Å². The Morgan fingerprint density at radius 3 is 2.57 bits per heavy atom. The number of benzene rings is 2. The highest BCUT2D eigenvalue weighted by molar-refractivity contribution is 6.30. The van der Waals surface area contributed by atoms with Gasteiger partial charge in [-0.3, -0.25) is 0 Å². The molecule has 2 rings (SSSR count). The average Bonchev–Trinajstić information content (AvgIpc) is 2.47. The summed E-state index contributed by atoms with van der Waals surface area (Å²) in [5.74, 6) is -0.285. The van der Waals surface area contributed by atoms with E-state index < -0.39 is 0 Å². The number of amides is 2. The van der Waals surface area contributed by atoms with Crippen LogP contribution in [0.15, 0.2) is 48.5 Å². The summed E-state index contributed by atoms with van der Waals surface area (Å²) >= 11 is 5.89. The molecule has 0 radical (unpaired) electrons. The Bertz CT molecular complexity index is 616. The molecule has 0 unspecified atom stereocenters. The van der Waals surface area contributed by atoms with Crippen molar-refractivity contribution >= 4 is 17.6 Å². The van der Waals surface area contributed by atoms with Crippen molar-refractivity contribution in [1.29, 1.82) is 0 Å². The first-order valence-electron chi connectivity index (χ1n) is 6.52. The van der Waals surface area contributed by atoms with Crippen LogP contribution in [0.25, 0.3) is 0 Å². The molecule has 0 aliphatic heterocycles. The van der Waals surface area contributed by atoms with Crippen LogP contribution in [0.1, 0.15) is 11.1 Å². The van der Waals surface area contributed by atoms with Crippen molar-refractivity contribution in [2.75, 3.05) is 7.05 Å². The lowest BCUT2D eigenvalue weighted by Gasteiger charge is -2.18. The molecule has 5 heteroatoms. The Morgan fingerprint density at radius 2 is 1.90 bits per heavy atom. The second-order valence-electron chi connectivity index (χ2n) is 4.77. The van der Waals surface area contributed by atoms with E-state index in [4.69, 9.17) is 11.6 Å². The Morgan fingerprint density at radius 1 is 1.19 bits per heavy atom. The number of urea groups is 1. The van der Waals surface area contributed by atoms with Gasteiger partial charge in [0.05, 0.1) is 0 Å². The number of hydrogen-bond donors (Lipinski definition) is 1. The molecule has 110 valence electrons. The van der Waals surface area contributed by atoms with E-state index in [-0.39, 0.29) is 11.8 Å². The first-order chi connectivity index (χ1) is 10.0. The summed E-state index contributed by atoms with van der Waals surface area (Å²) in [6.45, 7) is 0.828. The Kier molecular flexibility index (Phi) is 5.17. The molecule has 0 fully saturated rings. The average molecular weight is 307 g/mol. The molecule has 21 heavy (non-hydrogen) atoms. The summed E-state index contributed by atoms with van der Waals surface area (Å²) < 4.78 is 12.8. The number of nitrogens with one attached hydrogen (secondary N) is 1. The van der Waals surface area contributed by atoms with Crippen LogP contribution in [-0.2, 0) is 13.1 Å². The summed E-state index contributed by atoms with van der Waals surface area (Å²) in [5, 5.41) is 3.45. The highest BCUT2D eigenvalue weighted by Crippen LogP contribution is 2.10. The highest BCUT2D eigenvalue weighted by Gasteiger charge is 2.08. The van der Waals surface area contributed by atoms with Gasteiger partial charge in [0.2, 0.25) is 0 Å². The van der Waals surface area contributed by atoms with E-state index in [1.807, 2.05) is 18.2 Å². The number of carbonyl (C=O) groups is 1. The van der Waals surface area contributed by atoms with Crippen molar-refractivity contribution in [1.82, 2.24) is 10.2 Å². The van der Waals surface area contributed by atoms with Gasteiger partial charge >= 0.3 is 6.03 Å². The van der Waals surface area contributed by atoms with Crippen LogP contribution in [0, 0.1) is 5.82 Å². The van der Waals surface area contributed by atoms with E-state index in [0.29, 0.717) is 18.1 Å². The molecule has 0 aliphatic carbocycles. The third kappa shape index (κ3) is 4.76. The second kappa shape index (κ2) is 7.09. The number of hydrogen-bond acceptors (Lipinski definition) is 1. The lowest BCUT2D eigenvalue weighted by atomic mass is 10.2. The van der Waals surface area contributed by atoms with Gasteiger partial charge in [-0.15, -0.1) is 0 Å². The maximum atomic E-state index is 12.8. The first-order valence-corrected chi connectivity index (χ1v) is 6.90. The third-order valence-electron chi connectivity index (χ3n) is 3.01. The quantitative estimate of drug-likeness (QED) is 0.915. The van der Waals surface area contributed by atoms with E-state index in [0.717, 1.165) is 11.1 Å². The molecule has 0 saturated heterocycles. The zero-order valence-electron chi connectivity index (χ0n) is 11.6. The second-order valence-corrected chi connectivity index (χ2v) is 5.21. The zero-order chi connectivity index (χ0) is 15.2. The first kappa shape index (κ1) is 15.3. The van der Waals surface area contributed by atoms with Gasteiger partial charge in [-0.1, -0.05) is 35.9 Å². The smallest absolute Gasteiger partial charge is 0.317 e. The summed E-state index contributed by atoms with van der Waals surface area (Å²) in [4.78, 5) is 13.5. The van der Waals surface area contributed by atoms with Crippen LogP contribution in [-0.4, -0.2) is 18.0 Å². The minimum Gasteiger partial charge on any atom is -0.334 e. The van der Waals surface area contributed by atoms with Crippen LogP contribution in [0.3, 0.4) is 0 Å². The van der Waals surface area contributed by atoms with Gasteiger partial charge in [-0.25, -0.2) is 9.18 Å². The number of carbonyl (C=O) groups excluding carboxylic acids is 1. The molecular weight excluding hydrogens is 291 g/mol. The molecule has 0 aromatic heterocycles. The van der Waals surface area contributed by atoms with Crippen molar-refractivity contribution in [3.05, 3.63) is 70.5 Å². The SMILES string of the molecule is CN(Cc1ccc(F)cc1)C(=O)NCc1cccc(Cl)c1. The predicted octanol–water partition coefficient (Wildman–Crippen LogP) is 3.82. The molecule has 0 saturated carbocycles. The molecule has 0 aliphatic rings. The number of halogens is 2. The Labute approximate surface area is 128 Å². The lowest BCUT2D eigenvalue weighted by Crippen LogP contribution is -2.36. The van der Waals surface area contributed by atoms with E-state index in [1.165, 1.54) is 17.0 Å². The molecule has 0 spiro atoms. The highest BCUT2D eigenvalue weighted by atomic mass is 35.5. The van der Waals surface area contributed by atoms with Gasteiger partial charge in [-0.05, 0) is 35.4 Å². The normalized spacial score (nSPS) is 10.2. The Hall–Kier alpha value is -2.07. The summed E-state index contributed by atoms with van der Waals surface area (Å²) in [6, 6.07) is 13.2. The van der Waals surface area contributed by atoms with Crippen molar-refractivity contribution in [3.8, 4) is 0 Å². The Balaban J connectivity index is 1.86. The molecule has 1 N–H and O–H groups in total. The van der Waals surface area contributed by atoms with Crippen molar-refractivity contribution in [2.24, 2.45) is 0 Å². The van der Waals surface area contributed by atoms with Crippen molar-refractivity contribution in [2.45, 2.75) is 13.1 Å². The number of nitrogens with zero attached hydrogens (tertiary/aromatic N) is 1. The molecule has 3 nitrogen and oxygen atoms in total. The van der Waals surface area contributed by atoms with Gasteiger partial charge in [0.15, 0.2) is 0 Å². The minimum atomic E-state index is -0.285. The van der Waals surface area contributed by atoms with E-state index in [2.05, 4.69) is 5.32 Å². The van der Waals surface area contributed by atoms with Gasteiger partial charge < -0.3 is 10.2 Å². The molecule has 2 aromatic rings. The van der Waals surface area contributed by atoms with Gasteiger partial charge in [0.1, 0.15) is 5.82 Å². The van der Waals surface area contributed by atoms with Crippen molar-refractivity contribution < 1.29 is 9.18 Å². The van der Waals surface area contributed by atoms with Crippen LogP contribution < -0.4 is 5.32 Å². The third-order valence-corrected chi connectivity index (χ3v) is 3.25. The fourth-order valence-corrected chi connectivity index (χ4v) is 2.11. The molecule has 2 amide bonds. The van der Waals surface area contributed by atoms with Gasteiger partial charge in [0.25, 0.3) is 0 Å². The standard InChI is InChI=1S/C16H16ClFN2O/c1-20(11-12-5-7-15(18)8-6-12)16(21)19-10-13-3-2-4-14(17)9-13/h2-9H,10-11H2,1H3,(H,19,21). The molecule has 2 aromatic carbocycles. The fraction of sp³-hybridized carbons (Fsp3) is 0.188. The van der Waals surface area contributed by atoms with Crippen LogP contribution in [0.2, 0.25) is 5.02 Å². The number of rotatable bonds is 4. The molecular formula is C16H16ClFN2O. The van der Waals surface area contributed by atoms with Gasteiger partial charge in [0, 0.05) is 25.2 Å². The fourth-order valence-electron chi connectivity index (χ4n) is 1.90. The van der Waals surface area contributed by atoms with Crippen LogP contribution >= 0.6 is 11.6 Å². The summed E-state index contributed by atoms with van der Waals surface area (Å²) in [7, 11) is 1.69. The lowest BCUT2D eigenvalue weighted by molar-refractivity contribution is 0.206. The summed E-state index contributed by atoms with van der Waals surface area (Å²) in [6.07, 6.45) is 0. The van der Waals surface area contributed by atoms with Crippen LogP contribution in [0.4, 0.5) is 9.18 Å². The summed E-state index contributed by atoms with van der Waals surface area (Å²) in [5.41, 5.74) is 1.81. The van der Waals surface area contributed by atoms with Gasteiger partial charge in [-0.2, -0.15) is 0 Å². The topological polar surface area (TPSA) is 32.3 Å². The van der Waals surface area contributed by atoms with Crippen LogP contribution in [0.5, 0.6) is 0 Å². The van der Waals surface area contributed by atoms with E-state index >= 15 is 0 Å². The maximum Gasteiger partial charge on any atom is 0.317 e. The largest absolute Gasteiger partial charge is 0.334 e. The minimum absolute atomic E-state index is 0.195. The molecule has 0 heterocycles. The monoisotopic (exact) mass is 306 g/mol. The molecule has 0 atom stereocenters. The van der Waals surface area contributed by atoms with Crippen molar-refractivity contribution in [3.63, 3.8) is 0 Å². The molecule has 0 bridgehead atoms. The predicted molar refractivity (Wildman–Crippen MR) is 81.6 cm³/mol.